The highest BCUT2D eigenvalue weighted by Gasteiger charge is 1.94. The van der Waals surface area contributed by atoms with Crippen LogP contribution in [-0.4, -0.2) is 5.91 Å². The van der Waals surface area contributed by atoms with Crippen LogP contribution in [0.25, 0.3) is 0 Å². The van der Waals surface area contributed by atoms with Crippen LogP contribution in [-0.2, 0) is 4.79 Å². The number of hydrogen-bond donors (Lipinski definition) is 1. The van der Waals surface area contributed by atoms with E-state index in [1.807, 2.05) is 0 Å². The van der Waals surface area contributed by atoms with E-state index in [0.29, 0.717) is 6.42 Å². The van der Waals surface area contributed by atoms with Gasteiger partial charge in [-0.2, -0.15) is 0 Å². The molecule has 142 valence electrons. The van der Waals surface area contributed by atoms with Gasteiger partial charge >= 0.3 is 0 Å². The molecule has 0 spiro atoms. The average Bonchev–Trinajstić information content (AvgIpc) is 2.56. The highest BCUT2D eigenvalue weighted by atomic mass is 16.1. The lowest BCUT2D eigenvalue weighted by Crippen LogP contribution is -2.08. The predicted molar refractivity (Wildman–Crippen MR) is 107 cm³/mol. The van der Waals surface area contributed by atoms with E-state index in [1.165, 1.54) is 96.3 Å². The topological polar surface area (TPSA) is 43.1 Å². The normalized spacial score (nSPS) is 11.4. The smallest absolute Gasteiger partial charge is 0.217 e. The third-order valence-corrected chi connectivity index (χ3v) is 4.70. The standard InChI is InChI=1S/C22H43NO/c1-2-3-4-5-6-7-8-9-10-11-12-13-14-15-16-17-18-19-20-21-22(23)24/h18-19H,2-17,20-21H2,1H3,(H2,23,24)/b19-18+. The quantitative estimate of drug-likeness (QED) is 0.199. The summed E-state index contributed by atoms with van der Waals surface area (Å²) in [7, 11) is 0. The first-order valence-electron chi connectivity index (χ1n) is 10.7. The van der Waals surface area contributed by atoms with E-state index in [0.717, 1.165) is 12.8 Å². The molecule has 1 amide bonds. The van der Waals surface area contributed by atoms with Crippen molar-refractivity contribution in [3.8, 4) is 0 Å². The molecule has 0 bridgehead atoms. The molecule has 0 aliphatic rings. The highest BCUT2D eigenvalue weighted by molar-refractivity contribution is 5.73. The number of amides is 1. The number of carbonyl (C=O) groups excluding carboxylic acids is 1. The fourth-order valence-electron chi connectivity index (χ4n) is 3.09. The molecule has 0 heterocycles. The summed E-state index contributed by atoms with van der Waals surface area (Å²) in [6, 6.07) is 0. The largest absolute Gasteiger partial charge is 0.370 e. The van der Waals surface area contributed by atoms with Gasteiger partial charge in [0.15, 0.2) is 0 Å². The van der Waals surface area contributed by atoms with Crippen LogP contribution < -0.4 is 5.73 Å². The molecule has 24 heavy (non-hydrogen) atoms. The molecule has 0 unspecified atom stereocenters. The summed E-state index contributed by atoms with van der Waals surface area (Å²) in [5.41, 5.74) is 5.10. The second-order valence-corrected chi connectivity index (χ2v) is 7.21. The molecule has 0 aliphatic carbocycles. The molecule has 0 fully saturated rings. The Kier molecular flexibility index (Phi) is 19.6. The lowest BCUT2D eigenvalue weighted by Gasteiger charge is -2.03. The van der Waals surface area contributed by atoms with E-state index >= 15 is 0 Å². The van der Waals surface area contributed by atoms with Gasteiger partial charge in [-0.05, 0) is 19.3 Å². The maximum absolute atomic E-state index is 10.6. The van der Waals surface area contributed by atoms with E-state index in [-0.39, 0.29) is 5.91 Å². The van der Waals surface area contributed by atoms with Crippen LogP contribution in [0.1, 0.15) is 122 Å². The fraction of sp³-hybridized carbons (Fsp3) is 0.864. The third kappa shape index (κ3) is 21.2. The summed E-state index contributed by atoms with van der Waals surface area (Å²) in [5, 5.41) is 0. The van der Waals surface area contributed by atoms with Crippen molar-refractivity contribution in [2.45, 2.75) is 122 Å². The summed E-state index contributed by atoms with van der Waals surface area (Å²) in [6.45, 7) is 2.28. The van der Waals surface area contributed by atoms with Crippen molar-refractivity contribution in [3.05, 3.63) is 12.2 Å². The predicted octanol–water partition coefficient (Wildman–Crippen LogP) is 7.07. The molecule has 0 aromatic heterocycles. The van der Waals surface area contributed by atoms with Crippen LogP contribution >= 0.6 is 0 Å². The van der Waals surface area contributed by atoms with Gasteiger partial charge in [0.05, 0.1) is 0 Å². The van der Waals surface area contributed by atoms with Crippen LogP contribution in [0.5, 0.6) is 0 Å². The minimum Gasteiger partial charge on any atom is -0.370 e. The molecule has 0 aliphatic heterocycles. The van der Waals surface area contributed by atoms with Crippen molar-refractivity contribution in [2.75, 3.05) is 0 Å². The Morgan fingerprint density at radius 3 is 1.42 bits per heavy atom. The van der Waals surface area contributed by atoms with Crippen molar-refractivity contribution in [3.63, 3.8) is 0 Å². The number of allylic oxidation sites excluding steroid dienone is 2. The number of rotatable bonds is 19. The van der Waals surface area contributed by atoms with Gasteiger partial charge in [-0.1, -0.05) is 109 Å². The Labute approximate surface area is 151 Å². The van der Waals surface area contributed by atoms with Gasteiger partial charge in [0.1, 0.15) is 0 Å². The molecular weight excluding hydrogens is 294 g/mol. The lowest BCUT2D eigenvalue weighted by atomic mass is 10.0. The summed E-state index contributed by atoms with van der Waals surface area (Å²) in [6.07, 6.45) is 27.9. The van der Waals surface area contributed by atoms with E-state index in [4.69, 9.17) is 5.73 Å². The molecule has 2 nitrogen and oxygen atoms in total. The van der Waals surface area contributed by atoms with Crippen molar-refractivity contribution >= 4 is 5.91 Å². The monoisotopic (exact) mass is 337 g/mol. The van der Waals surface area contributed by atoms with Gasteiger partial charge in [-0.3, -0.25) is 4.79 Å². The minimum absolute atomic E-state index is 0.202. The summed E-state index contributed by atoms with van der Waals surface area (Å²) >= 11 is 0. The maximum atomic E-state index is 10.6. The molecule has 0 saturated carbocycles. The number of primary amides is 1. The van der Waals surface area contributed by atoms with Crippen LogP contribution in [0.4, 0.5) is 0 Å². The lowest BCUT2D eigenvalue weighted by molar-refractivity contribution is -0.117. The van der Waals surface area contributed by atoms with Crippen LogP contribution in [0.15, 0.2) is 12.2 Å². The number of unbranched alkanes of at least 4 members (excludes halogenated alkanes) is 15. The maximum Gasteiger partial charge on any atom is 0.217 e. The first kappa shape index (κ1) is 23.2. The average molecular weight is 338 g/mol. The van der Waals surface area contributed by atoms with Gasteiger partial charge in [0, 0.05) is 6.42 Å². The second kappa shape index (κ2) is 20.3. The molecule has 2 N–H and O–H groups in total. The molecule has 0 atom stereocenters. The van der Waals surface area contributed by atoms with Gasteiger partial charge in [-0.15, -0.1) is 0 Å². The Bertz CT molecular complexity index is 286. The van der Waals surface area contributed by atoms with E-state index in [1.54, 1.807) is 0 Å². The first-order valence-corrected chi connectivity index (χ1v) is 10.7. The van der Waals surface area contributed by atoms with E-state index < -0.39 is 0 Å². The fourth-order valence-corrected chi connectivity index (χ4v) is 3.09. The van der Waals surface area contributed by atoms with E-state index in [9.17, 15) is 4.79 Å². The number of carbonyl (C=O) groups is 1. The second-order valence-electron chi connectivity index (χ2n) is 7.21. The molecule has 0 aromatic carbocycles. The molecule has 0 aromatic rings. The number of hydrogen-bond acceptors (Lipinski definition) is 1. The minimum atomic E-state index is -0.202. The third-order valence-electron chi connectivity index (χ3n) is 4.70. The first-order chi connectivity index (χ1) is 11.8. The van der Waals surface area contributed by atoms with Gasteiger partial charge in [0.25, 0.3) is 0 Å². The van der Waals surface area contributed by atoms with Crippen molar-refractivity contribution in [1.82, 2.24) is 0 Å². The SMILES string of the molecule is CCCCCCCCCCCCCCCCC/C=C/CCC(N)=O. The van der Waals surface area contributed by atoms with Crippen LogP contribution in [0.3, 0.4) is 0 Å². The molecule has 0 radical (unpaired) electrons. The number of nitrogens with two attached hydrogens (primary N) is 1. The van der Waals surface area contributed by atoms with Gasteiger partial charge in [-0.25, -0.2) is 0 Å². The summed E-state index contributed by atoms with van der Waals surface area (Å²) in [5.74, 6) is -0.202. The Morgan fingerprint density at radius 2 is 1.00 bits per heavy atom. The summed E-state index contributed by atoms with van der Waals surface area (Å²) < 4.78 is 0. The van der Waals surface area contributed by atoms with Crippen molar-refractivity contribution in [2.24, 2.45) is 5.73 Å². The van der Waals surface area contributed by atoms with Gasteiger partial charge < -0.3 is 5.73 Å². The zero-order chi connectivity index (χ0) is 17.7. The Balaban J connectivity index is 3.04. The molecule has 2 heteroatoms. The zero-order valence-corrected chi connectivity index (χ0v) is 16.4. The Morgan fingerprint density at radius 1 is 0.625 bits per heavy atom. The highest BCUT2D eigenvalue weighted by Crippen LogP contribution is 2.13. The van der Waals surface area contributed by atoms with Crippen LogP contribution in [0.2, 0.25) is 0 Å². The van der Waals surface area contributed by atoms with E-state index in [2.05, 4.69) is 19.1 Å². The van der Waals surface area contributed by atoms with Crippen molar-refractivity contribution < 1.29 is 4.79 Å². The van der Waals surface area contributed by atoms with Gasteiger partial charge in [0.2, 0.25) is 5.91 Å². The molecule has 0 saturated heterocycles. The Hall–Kier alpha value is -0.790. The van der Waals surface area contributed by atoms with Crippen molar-refractivity contribution in [1.29, 1.82) is 0 Å². The summed E-state index contributed by atoms with van der Waals surface area (Å²) in [4.78, 5) is 10.6. The zero-order valence-electron chi connectivity index (χ0n) is 16.4. The van der Waals surface area contributed by atoms with Crippen LogP contribution in [0, 0.1) is 0 Å². The molecule has 0 rings (SSSR count). The molecular formula is C22H43NO.